The third-order valence-corrected chi connectivity index (χ3v) is 4.12. The number of esters is 1. The summed E-state index contributed by atoms with van der Waals surface area (Å²) >= 11 is 5.86. The number of carbonyl (C=O) groups is 3. The van der Waals surface area contributed by atoms with E-state index in [2.05, 4.69) is 10.4 Å². The Balaban J connectivity index is 1.68. The summed E-state index contributed by atoms with van der Waals surface area (Å²) in [5.41, 5.74) is -0.0285. The van der Waals surface area contributed by atoms with Crippen molar-refractivity contribution in [2.45, 2.75) is 25.8 Å². The van der Waals surface area contributed by atoms with E-state index in [4.69, 9.17) is 16.3 Å². The number of hydrogen-bond donors (Lipinski definition) is 2. The Morgan fingerprint density at radius 1 is 1.25 bits per heavy atom. The molecule has 1 aromatic heterocycles. The highest BCUT2D eigenvalue weighted by molar-refractivity contribution is 6.30. The van der Waals surface area contributed by atoms with Crippen LogP contribution in [0.1, 0.15) is 29.0 Å². The van der Waals surface area contributed by atoms with Crippen LogP contribution in [-0.4, -0.2) is 40.3 Å². The Morgan fingerprint density at radius 3 is 2.57 bits per heavy atom. The summed E-state index contributed by atoms with van der Waals surface area (Å²) in [6.45, 7) is 0.941. The Hall–Kier alpha value is -3.20. The molecule has 9 nitrogen and oxygen atoms in total. The van der Waals surface area contributed by atoms with Gasteiger partial charge >= 0.3 is 12.0 Å². The molecule has 1 saturated carbocycles. The van der Waals surface area contributed by atoms with Crippen LogP contribution < -0.4 is 16.1 Å². The average Bonchev–Trinajstić information content (AvgIpc) is 3.44. The SMILES string of the molecule is Cc1cc(=O)c(C(=O)OCC(=O)NC(=O)NC2CC2)nn1-c1ccc(Cl)cc1. The highest BCUT2D eigenvalue weighted by Crippen LogP contribution is 2.18. The van der Waals surface area contributed by atoms with Crippen LogP contribution in [0.2, 0.25) is 5.02 Å². The fourth-order valence-electron chi connectivity index (χ4n) is 2.34. The minimum atomic E-state index is -1.06. The summed E-state index contributed by atoms with van der Waals surface area (Å²) in [7, 11) is 0. The van der Waals surface area contributed by atoms with Crippen LogP contribution in [0.3, 0.4) is 0 Å². The molecular weight excluding hydrogens is 388 g/mol. The molecule has 0 atom stereocenters. The normalized spacial score (nSPS) is 12.9. The lowest BCUT2D eigenvalue weighted by atomic mass is 10.3. The molecule has 28 heavy (non-hydrogen) atoms. The molecule has 0 unspecified atom stereocenters. The number of carbonyl (C=O) groups excluding carboxylic acids is 3. The molecule has 1 aliphatic carbocycles. The van der Waals surface area contributed by atoms with E-state index >= 15 is 0 Å². The monoisotopic (exact) mass is 404 g/mol. The molecule has 0 aliphatic heterocycles. The number of ether oxygens (including phenoxy) is 1. The summed E-state index contributed by atoms with van der Waals surface area (Å²) in [6.07, 6.45) is 1.74. The van der Waals surface area contributed by atoms with Crippen molar-refractivity contribution in [1.29, 1.82) is 0 Å². The van der Waals surface area contributed by atoms with Crippen molar-refractivity contribution >= 4 is 29.5 Å². The molecule has 1 aromatic carbocycles. The molecule has 1 heterocycles. The zero-order chi connectivity index (χ0) is 20.3. The van der Waals surface area contributed by atoms with Gasteiger partial charge < -0.3 is 10.1 Å². The molecule has 3 amide bonds. The fraction of sp³-hybridized carbons (Fsp3) is 0.278. The van der Waals surface area contributed by atoms with Crippen LogP contribution in [0.15, 0.2) is 35.1 Å². The number of nitrogens with one attached hydrogen (secondary N) is 2. The molecule has 0 spiro atoms. The Labute approximate surface area is 164 Å². The molecule has 2 aromatic rings. The lowest BCUT2D eigenvalue weighted by molar-refractivity contribution is -0.123. The number of hydrogen-bond acceptors (Lipinski definition) is 6. The molecule has 0 bridgehead atoms. The Kier molecular flexibility index (Phi) is 5.74. The second-order valence-corrected chi connectivity index (χ2v) is 6.70. The average molecular weight is 405 g/mol. The smallest absolute Gasteiger partial charge is 0.363 e. The van der Waals surface area contributed by atoms with Gasteiger partial charge in [-0.3, -0.25) is 14.9 Å². The Morgan fingerprint density at radius 2 is 1.93 bits per heavy atom. The minimum Gasteiger partial charge on any atom is -0.451 e. The number of urea groups is 1. The van der Waals surface area contributed by atoms with Gasteiger partial charge in [0.2, 0.25) is 11.1 Å². The summed E-state index contributed by atoms with van der Waals surface area (Å²) in [6, 6.07) is 7.31. The lowest BCUT2D eigenvalue weighted by Gasteiger charge is -2.11. The summed E-state index contributed by atoms with van der Waals surface area (Å²) in [5, 5.41) is 9.16. The first-order chi connectivity index (χ1) is 13.3. The van der Waals surface area contributed by atoms with Crippen molar-refractivity contribution in [3.63, 3.8) is 0 Å². The fourth-order valence-corrected chi connectivity index (χ4v) is 2.47. The van der Waals surface area contributed by atoms with E-state index < -0.39 is 35.6 Å². The zero-order valence-electron chi connectivity index (χ0n) is 14.9. The maximum atomic E-state index is 12.2. The van der Waals surface area contributed by atoms with Crippen LogP contribution in [0.4, 0.5) is 4.79 Å². The topological polar surface area (TPSA) is 119 Å². The van der Waals surface area contributed by atoms with E-state index in [0.717, 1.165) is 12.8 Å². The Bertz CT molecular complexity index is 982. The first kappa shape index (κ1) is 19.6. The quantitative estimate of drug-likeness (QED) is 0.726. The first-order valence-corrected chi connectivity index (χ1v) is 8.85. The largest absolute Gasteiger partial charge is 0.451 e. The van der Waals surface area contributed by atoms with Crippen molar-refractivity contribution in [3.05, 3.63) is 57.0 Å². The van der Waals surface area contributed by atoms with Crippen LogP contribution in [0.5, 0.6) is 0 Å². The van der Waals surface area contributed by atoms with Crippen molar-refractivity contribution in [3.8, 4) is 5.69 Å². The summed E-state index contributed by atoms with van der Waals surface area (Å²) < 4.78 is 6.20. The third kappa shape index (κ3) is 4.95. The number of rotatable bonds is 5. The maximum absolute atomic E-state index is 12.2. The molecule has 1 fully saturated rings. The second-order valence-electron chi connectivity index (χ2n) is 6.26. The standard InChI is InChI=1S/C18H17ClN4O5/c1-10-8-14(24)16(22-23(10)13-6-2-11(19)3-7-13)17(26)28-9-15(25)21-18(27)20-12-4-5-12/h2-3,6-8,12H,4-5,9H2,1H3,(H2,20,21,25,27). The van der Waals surface area contributed by atoms with Gasteiger partial charge in [0.1, 0.15) is 0 Å². The van der Waals surface area contributed by atoms with E-state index in [0.29, 0.717) is 16.4 Å². The van der Waals surface area contributed by atoms with Gasteiger partial charge in [-0.1, -0.05) is 11.6 Å². The molecular formula is C18H17ClN4O5. The van der Waals surface area contributed by atoms with Gasteiger partial charge in [-0.25, -0.2) is 14.3 Å². The van der Waals surface area contributed by atoms with Crippen molar-refractivity contribution in [2.24, 2.45) is 0 Å². The van der Waals surface area contributed by atoms with Gasteiger partial charge in [0.25, 0.3) is 5.91 Å². The number of nitrogens with zero attached hydrogens (tertiary/aromatic N) is 2. The number of aryl methyl sites for hydroxylation is 1. The van der Waals surface area contributed by atoms with Crippen molar-refractivity contribution in [1.82, 2.24) is 20.4 Å². The number of aromatic nitrogens is 2. The predicted molar refractivity (Wildman–Crippen MR) is 99.6 cm³/mol. The van der Waals surface area contributed by atoms with E-state index in [9.17, 15) is 19.2 Å². The summed E-state index contributed by atoms with van der Waals surface area (Å²) in [5.74, 6) is -1.87. The van der Waals surface area contributed by atoms with Crippen LogP contribution in [0.25, 0.3) is 5.69 Å². The number of amides is 3. The van der Waals surface area contributed by atoms with Crippen LogP contribution in [-0.2, 0) is 9.53 Å². The van der Waals surface area contributed by atoms with Gasteiger partial charge in [-0.2, -0.15) is 5.10 Å². The van der Waals surface area contributed by atoms with Crippen molar-refractivity contribution < 1.29 is 19.1 Å². The van der Waals surface area contributed by atoms with Gasteiger partial charge in [-0.15, -0.1) is 0 Å². The van der Waals surface area contributed by atoms with Gasteiger partial charge in [0.05, 0.1) is 5.69 Å². The van der Waals surface area contributed by atoms with Crippen LogP contribution >= 0.6 is 11.6 Å². The highest BCUT2D eigenvalue weighted by Gasteiger charge is 2.24. The minimum absolute atomic E-state index is 0.0819. The molecule has 2 N–H and O–H groups in total. The number of imide groups is 1. The highest BCUT2D eigenvalue weighted by atomic mass is 35.5. The summed E-state index contributed by atoms with van der Waals surface area (Å²) in [4.78, 5) is 47.5. The number of benzene rings is 1. The molecule has 10 heteroatoms. The van der Waals surface area contributed by atoms with E-state index in [-0.39, 0.29) is 6.04 Å². The number of halogens is 1. The van der Waals surface area contributed by atoms with Gasteiger partial charge in [0.15, 0.2) is 6.61 Å². The molecule has 1 aliphatic rings. The molecule has 0 radical (unpaired) electrons. The van der Waals surface area contributed by atoms with Gasteiger partial charge in [-0.05, 0) is 44.0 Å². The zero-order valence-corrected chi connectivity index (χ0v) is 15.7. The van der Waals surface area contributed by atoms with E-state index in [1.165, 1.54) is 10.7 Å². The first-order valence-electron chi connectivity index (χ1n) is 8.48. The molecule has 146 valence electrons. The molecule has 3 rings (SSSR count). The van der Waals surface area contributed by atoms with E-state index in [1.807, 2.05) is 5.32 Å². The maximum Gasteiger partial charge on any atom is 0.363 e. The van der Waals surface area contributed by atoms with E-state index in [1.54, 1.807) is 31.2 Å². The lowest BCUT2D eigenvalue weighted by Crippen LogP contribution is -2.42. The molecule has 0 saturated heterocycles. The predicted octanol–water partition coefficient (Wildman–Crippen LogP) is 1.34. The van der Waals surface area contributed by atoms with Crippen LogP contribution in [0, 0.1) is 6.92 Å². The second kappa shape index (κ2) is 8.22. The third-order valence-electron chi connectivity index (χ3n) is 3.87. The van der Waals surface area contributed by atoms with Gasteiger partial charge in [0, 0.05) is 22.8 Å². The van der Waals surface area contributed by atoms with Crippen molar-refractivity contribution in [2.75, 3.05) is 6.61 Å².